The van der Waals surface area contributed by atoms with Crippen molar-refractivity contribution < 1.29 is 4.42 Å². The summed E-state index contributed by atoms with van der Waals surface area (Å²) in [6.07, 6.45) is 0. The molecule has 1 aliphatic carbocycles. The van der Waals surface area contributed by atoms with Crippen molar-refractivity contribution in [3.63, 3.8) is 0 Å². The number of rotatable bonds is 4. The van der Waals surface area contributed by atoms with Gasteiger partial charge in [0.15, 0.2) is 8.07 Å². The summed E-state index contributed by atoms with van der Waals surface area (Å²) in [7, 11) is -3.01. The van der Waals surface area contributed by atoms with E-state index in [1.807, 2.05) is 0 Å². The fourth-order valence-corrected chi connectivity index (χ4v) is 14.5. The molecule has 11 rings (SSSR count). The SMILES string of the molecule is CC1(C)c2ccccc2-c2ccc([Si](c3ccccc3)(c3ccc4c(c3)oc3ccccc34)c3ccc4c5ccccc5c5ccccc5c4c3)cc21. The van der Waals surface area contributed by atoms with Gasteiger partial charge in [0.25, 0.3) is 0 Å². The highest BCUT2D eigenvalue weighted by atomic mass is 28.3. The van der Waals surface area contributed by atoms with Crippen LogP contribution in [0.3, 0.4) is 0 Å². The van der Waals surface area contributed by atoms with Gasteiger partial charge in [0, 0.05) is 16.2 Å². The van der Waals surface area contributed by atoms with E-state index in [9.17, 15) is 0 Å². The number of hydrogen-bond acceptors (Lipinski definition) is 1. The molecule has 1 nitrogen and oxygen atoms in total. The van der Waals surface area contributed by atoms with Gasteiger partial charge in [0.2, 0.25) is 0 Å². The second-order valence-electron chi connectivity index (χ2n) is 15.2. The van der Waals surface area contributed by atoms with Gasteiger partial charge in [-0.3, -0.25) is 0 Å². The molecular formula is C51H36OSi. The van der Waals surface area contributed by atoms with Crippen LogP contribution in [0.15, 0.2) is 186 Å². The van der Waals surface area contributed by atoms with Gasteiger partial charge < -0.3 is 4.42 Å². The maximum Gasteiger partial charge on any atom is 0.179 e. The van der Waals surface area contributed by atoms with Crippen molar-refractivity contribution in [1.29, 1.82) is 0 Å². The van der Waals surface area contributed by atoms with Crippen molar-refractivity contribution in [2.75, 3.05) is 0 Å². The molecule has 0 radical (unpaired) electrons. The molecule has 1 heterocycles. The molecule has 1 aromatic heterocycles. The van der Waals surface area contributed by atoms with Crippen LogP contribution in [0, 0.1) is 0 Å². The smallest absolute Gasteiger partial charge is 0.179 e. The molecule has 0 N–H and O–H groups in total. The Morgan fingerprint density at radius 3 is 1.57 bits per heavy atom. The quantitative estimate of drug-likeness (QED) is 0.102. The maximum absolute atomic E-state index is 6.64. The van der Waals surface area contributed by atoms with Crippen molar-refractivity contribution in [2.24, 2.45) is 0 Å². The molecule has 250 valence electrons. The van der Waals surface area contributed by atoms with E-state index in [1.165, 1.54) is 75.3 Å². The highest BCUT2D eigenvalue weighted by Gasteiger charge is 2.44. The molecule has 2 heteroatoms. The minimum absolute atomic E-state index is 0.125. The van der Waals surface area contributed by atoms with Crippen LogP contribution in [0.2, 0.25) is 0 Å². The second kappa shape index (κ2) is 11.1. The Labute approximate surface area is 309 Å². The zero-order valence-corrected chi connectivity index (χ0v) is 30.7. The summed E-state index contributed by atoms with van der Waals surface area (Å²) < 4.78 is 6.64. The van der Waals surface area contributed by atoms with Crippen molar-refractivity contribution in [2.45, 2.75) is 19.3 Å². The topological polar surface area (TPSA) is 13.1 Å². The zero-order chi connectivity index (χ0) is 35.3. The summed E-state index contributed by atoms with van der Waals surface area (Å²) in [6.45, 7) is 4.78. The first-order chi connectivity index (χ1) is 26.0. The van der Waals surface area contributed by atoms with E-state index >= 15 is 0 Å². The van der Waals surface area contributed by atoms with E-state index < -0.39 is 8.07 Å². The van der Waals surface area contributed by atoms with E-state index in [0.29, 0.717) is 0 Å². The van der Waals surface area contributed by atoms with E-state index in [2.05, 4.69) is 196 Å². The van der Waals surface area contributed by atoms with Crippen LogP contribution in [0.5, 0.6) is 0 Å². The van der Waals surface area contributed by atoms with Crippen LogP contribution in [0.25, 0.3) is 65.4 Å². The predicted octanol–water partition coefficient (Wildman–Crippen LogP) is 10.7. The molecule has 0 bridgehead atoms. The summed E-state index contributed by atoms with van der Waals surface area (Å²) in [5.41, 5.74) is 7.21. The second-order valence-corrected chi connectivity index (χ2v) is 19.0. The first-order valence-corrected chi connectivity index (χ1v) is 20.6. The lowest BCUT2D eigenvalue weighted by molar-refractivity contribution is 0.661. The molecule has 10 aromatic rings. The first kappa shape index (κ1) is 30.4. The number of furan rings is 1. The number of benzene rings is 9. The van der Waals surface area contributed by atoms with Crippen LogP contribution in [-0.2, 0) is 5.41 Å². The number of hydrogen-bond donors (Lipinski definition) is 0. The summed E-state index contributed by atoms with van der Waals surface area (Å²) in [5, 5.41) is 15.5. The van der Waals surface area contributed by atoms with Gasteiger partial charge in [-0.15, -0.1) is 0 Å². The molecule has 0 spiro atoms. The molecule has 53 heavy (non-hydrogen) atoms. The monoisotopic (exact) mass is 692 g/mol. The minimum Gasteiger partial charge on any atom is -0.456 e. The van der Waals surface area contributed by atoms with Gasteiger partial charge in [-0.2, -0.15) is 0 Å². The molecule has 0 saturated carbocycles. The molecule has 1 aliphatic rings. The van der Waals surface area contributed by atoms with Crippen molar-refractivity contribution >= 4 is 83.1 Å². The Hall–Kier alpha value is -6.22. The highest BCUT2D eigenvalue weighted by molar-refractivity contribution is 7.20. The Kier molecular flexibility index (Phi) is 6.39. The number of fused-ring (bicyclic) bond motifs is 12. The average Bonchev–Trinajstić information content (AvgIpc) is 3.70. The van der Waals surface area contributed by atoms with Gasteiger partial charge in [-0.25, -0.2) is 0 Å². The van der Waals surface area contributed by atoms with Crippen molar-refractivity contribution in [3.05, 3.63) is 193 Å². The minimum atomic E-state index is -3.01. The largest absolute Gasteiger partial charge is 0.456 e. The van der Waals surface area contributed by atoms with Gasteiger partial charge >= 0.3 is 0 Å². The first-order valence-electron chi connectivity index (χ1n) is 18.6. The molecule has 0 saturated heterocycles. The van der Waals surface area contributed by atoms with Crippen LogP contribution in [0.4, 0.5) is 0 Å². The lowest BCUT2D eigenvalue weighted by atomic mass is 9.82. The summed E-state index contributed by atoms with van der Waals surface area (Å²) in [6, 6.07) is 68.3. The Morgan fingerprint density at radius 1 is 0.340 bits per heavy atom. The third-order valence-corrected chi connectivity index (χ3v) is 16.9. The van der Waals surface area contributed by atoms with Crippen LogP contribution in [-0.4, -0.2) is 8.07 Å². The zero-order valence-electron chi connectivity index (χ0n) is 29.7. The molecule has 0 aliphatic heterocycles. The Morgan fingerprint density at radius 2 is 0.830 bits per heavy atom. The average molecular weight is 693 g/mol. The third kappa shape index (κ3) is 4.19. The Balaban J connectivity index is 1.29. The van der Waals surface area contributed by atoms with Crippen LogP contribution >= 0.6 is 0 Å². The van der Waals surface area contributed by atoms with E-state index in [1.54, 1.807) is 0 Å². The molecule has 0 fully saturated rings. The van der Waals surface area contributed by atoms with Gasteiger partial charge in [-0.1, -0.05) is 184 Å². The van der Waals surface area contributed by atoms with Gasteiger partial charge in [0.05, 0.1) is 0 Å². The van der Waals surface area contributed by atoms with Crippen molar-refractivity contribution in [1.82, 2.24) is 0 Å². The summed E-state index contributed by atoms with van der Waals surface area (Å²) >= 11 is 0. The Bertz CT molecular complexity index is 3060. The lowest BCUT2D eigenvalue weighted by Gasteiger charge is -2.35. The van der Waals surface area contributed by atoms with E-state index in [-0.39, 0.29) is 5.41 Å². The lowest BCUT2D eigenvalue weighted by Crippen LogP contribution is -2.74. The predicted molar refractivity (Wildman–Crippen MR) is 227 cm³/mol. The normalized spacial score (nSPS) is 14.5. The standard InChI is InChI=1S/C51H36OSi/c1-51(2)47-22-12-10-20-42(47)43-28-25-35(31-48(43)51)53(33-14-4-3-5-15-33,36-26-29-45-44-21-11-13-23-49(44)52-50(45)32-36)34-24-27-41-39-18-7-6-16-37(39)38-17-8-9-19-40(38)46(41)30-34/h3-32H,1-2H3. The molecule has 1 atom stereocenters. The van der Waals surface area contributed by atoms with E-state index in [0.717, 1.165) is 21.9 Å². The van der Waals surface area contributed by atoms with Crippen LogP contribution in [0.1, 0.15) is 25.0 Å². The third-order valence-electron chi connectivity index (χ3n) is 12.2. The van der Waals surface area contributed by atoms with Crippen molar-refractivity contribution in [3.8, 4) is 11.1 Å². The van der Waals surface area contributed by atoms with Crippen LogP contribution < -0.4 is 20.7 Å². The fourth-order valence-electron chi connectivity index (χ4n) is 9.73. The van der Waals surface area contributed by atoms with E-state index in [4.69, 9.17) is 4.42 Å². The molecule has 1 unspecified atom stereocenters. The molecule has 9 aromatic carbocycles. The molecule has 0 amide bonds. The summed E-state index contributed by atoms with van der Waals surface area (Å²) in [4.78, 5) is 0. The van der Waals surface area contributed by atoms with Gasteiger partial charge in [0.1, 0.15) is 11.2 Å². The molecular weight excluding hydrogens is 657 g/mol. The van der Waals surface area contributed by atoms with Gasteiger partial charge in [-0.05, 0) is 87.5 Å². The maximum atomic E-state index is 6.64. The number of para-hydroxylation sites is 1. The highest BCUT2D eigenvalue weighted by Crippen LogP contribution is 2.48. The fraction of sp³-hybridized carbons (Fsp3) is 0.0588. The summed E-state index contributed by atoms with van der Waals surface area (Å²) in [5.74, 6) is 0.